The van der Waals surface area contributed by atoms with Crippen LogP contribution in [0.15, 0.2) is 48.5 Å². The van der Waals surface area contributed by atoms with Crippen LogP contribution in [0.25, 0.3) is 22.4 Å². The van der Waals surface area contributed by atoms with Gasteiger partial charge in [0.2, 0.25) is 5.52 Å². The van der Waals surface area contributed by atoms with Gasteiger partial charge < -0.3 is 5.32 Å². The molecule has 0 radical (unpaired) electrons. The molecule has 2 aromatic carbocycles. The standard InChI is InChI=1S/C53H88N2S/c1-3-5-7-9-11-13-15-17-19-20-21-22-23-24-25-27-29-31-33-37-47-54-50-44-41-49(42-45-50)43-46-53-55(51-39-35-36-40-52(51)56-53)48-38-34-32-30-28-26-18-16-14-12-10-8-6-4-2/h35-36,39-46H,3-34,37-38,47-48H2,1-2H3/p+1. The van der Waals surface area contributed by atoms with Crippen molar-refractivity contribution in [2.75, 3.05) is 11.9 Å². The summed E-state index contributed by atoms with van der Waals surface area (Å²) in [5.41, 5.74) is 3.90. The number of nitrogens with zero attached hydrogens (tertiary/aromatic N) is 1. The molecule has 2 nitrogen and oxygen atoms in total. The minimum Gasteiger partial charge on any atom is -0.385 e. The Hall–Kier alpha value is -2.13. The summed E-state index contributed by atoms with van der Waals surface area (Å²) in [7, 11) is 0. The largest absolute Gasteiger partial charge is 0.385 e. The van der Waals surface area contributed by atoms with Crippen LogP contribution >= 0.6 is 11.3 Å². The first kappa shape index (κ1) is 48.2. The summed E-state index contributed by atoms with van der Waals surface area (Å²) in [4.78, 5) is 0. The van der Waals surface area contributed by atoms with E-state index in [0.29, 0.717) is 0 Å². The van der Waals surface area contributed by atoms with Crippen LogP contribution in [0.1, 0.15) is 243 Å². The second kappa shape index (κ2) is 34.9. The molecule has 0 fully saturated rings. The highest BCUT2D eigenvalue weighted by atomic mass is 32.1. The molecule has 0 bridgehead atoms. The van der Waals surface area contributed by atoms with Gasteiger partial charge in [-0.15, -0.1) is 0 Å². The number of hydrogen-bond donors (Lipinski definition) is 1. The third-order valence-corrected chi connectivity index (χ3v) is 13.2. The summed E-state index contributed by atoms with van der Waals surface area (Å²) < 4.78 is 3.95. The SMILES string of the molecule is CCCCCCCCCCCCCCCCCCCCCCNc1ccc(/C=C/c2sc3ccccc3[n+]2CCCCCCCCCCCCCCCC)cc1. The molecule has 0 aliphatic rings. The molecule has 0 aliphatic heterocycles. The average molecular weight is 786 g/mol. The van der Waals surface area contributed by atoms with E-state index in [0.717, 1.165) is 13.1 Å². The van der Waals surface area contributed by atoms with Crippen LogP contribution in [0.3, 0.4) is 0 Å². The first-order chi connectivity index (χ1) is 27.8. The van der Waals surface area contributed by atoms with Gasteiger partial charge in [-0.2, -0.15) is 4.57 Å². The average Bonchev–Trinajstić information content (AvgIpc) is 3.58. The molecule has 0 saturated heterocycles. The molecule has 1 aromatic heterocycles. The molecule has 1 heterocycles. The molecule has 0 atom stereocenters. The molecule has 3 heteroatoms. The maximum Gasteiger partial charge on any atom is 0.262 e. The summed E-state index contributed by atoms with van der Waals surface area (Å²) >= 11 is 1.93. The smallest absolute Gasteiger partial charge is 0.262 e. The van der Waals surface area contributed by atoms with Crippen LogP contribution < -0.4 is 9.88 Å². The van der Waals surface area contributed by atoms with E-state index in [9.17, 15) is 0 Å². The predicted molar refractivity (Wildman–Crippen MR) is 254 cm³/mol. The van der Waals surface area contributed by atoms with Gasteiger partial charge in [0.15, 0.2) is 6.54 Å². The minimum atomic E-state index is 1.08. The van der Waals surface area contributed by atoms with Crippen LogP contribution in [0.5, 0.6) is 0 Å². The maximum atomic E-state index is 3.67. The number of unbranched alkanes of at least 4 members (excludes halogenated alkanes) is 32. The first-order valence-corrected chi connectivity index (χ1v) is 25.6. The lowest BCUT2D eigenvalue weighted by Gasteiger charge is -2.07. The molecular formula is C53H89N2S+. The second-order valence-electron chi connectivity index (χ2n) is 17.3. The van der Waals surface area contributed by atoms with Gasteiger partial charge in [-0.1, -0.05) is 248 Å². The molecular weight excluding hydrogens is 697 g/mol. The van der Waals surface area contributed by atoms with Crippen LogP contribution in [0.2, 0.25) is 0 Å². The Morgan fingerprint density at radius 1 is 0.429 bits per heavy atom. The van der Waals surface area contributed by atoms with E-state index in [4.69, 9.17) is 0 Å². The van der Waals surface area contributed by atoms with Gasteiger partial charge in [0, 0.05) is 30.8 Å². The molecule has 56 heavy (non-hydrogen) atoms. The molecule has 3 aromatic rings. The molecule has 1 N–H and O–H groups in total. The van der Waals surface area contributed by atoms with Crippen LogP contribution in [-0.4, -0.2) is 6.54 Å². The summed E-state index contributed by atoms with van der Waals surface area (Å²) in [6, 6.07) is 18.0. The summed E-state index contributed by atoms with van der Waals surface area (Å²) in [5.74, 6) is 0. The second-order valence-corrected chi connectivity index (χ2v) is 18.3. The van der Waals surface area contributed by atoms with E-state index in [1.165, 1.54) is 245 Å². The molecule has 0 aliphatic carbocycles. The molecule has 3 rings (SSSR count). The molecule has 0 saturated carbocycles. The highest BCUT2D eigenvalue weighted by molar-refractivity contribution is 7.18. The van der Waals surface area contributed by atoms with E-state index < -0.39 is 0 Å². The molecule has 0 amide bonds. The number of anilines is 1. The Kier molecular flexibility index (Phi) is 30.0. The lowest BCUT2D eigenvalue weighted by atomic mass is 10.0. The van der Waals surface area contributed by atoms with E-state index in [2.05, 4.69) is 84.4 Å². The van der Waals surface area contributed by atoms with E-state index >= 15 is 0 Å². The van der Waals surface area contributed by atoms with Crippen molar-refractivity contribution in [1.29, 1.82) is 0 Å². The minimum absolute atomic E-state index is 1.08. The monoisotopic (exact) mass is 786 g/mol. The van der Waals surface area contributed by atoms with E-state index in [1.54, 1.807) is 0 Å². The summed E-state index contributed by atoms with van der Waals surface area (Å²) in [5, 5.41) is 5.03. The van der Waals surface area contributed by atoms with Gasteiger partial charge in [-0.05, 0) is 42.7 Å². The number of nitrogens with one attached hydrogen (secondary N) is 1. The van der Waals surface area contributed by atoms with Crippen molar-refractivity contribution in [3.63, 3.8) is 0 Å². The van der Waals surface area contributed by atoms with Gasteiger partial charge in [-0.25, -0.2) is 0 Å². The highest BCUT2D eigenvalue weighted by Crippen LogP contribution is 2.23. The fourth-order valence-electron chi connectivity index (χ4n) is 8.36. The molecule has 316 valence electrons. The predicted octanol–water partition coefficient (Wildman–Crippen LogP) is 18.1. The Bertz CT molecular complexity index is 1320. The van der Waals surface area contributed by atoms with Crippen molar-refractivity contribution in [2.24, 2.45) is 0 Å². The first-order valence-electron chi connectivity index (χ1n) is 24.7. The van der Waals surface area contributed by atoms with Gasteiger partial charge in [0.25, 0.3) is 5.01 Å². The summed E-state index contributed by atoms with van der Waals surface area (Å²) in [6.45, 7) is 6.81. The quantitative estimate of drug-likeness (QED) is 0.0450. The normalized spacial score (nSPS) is 11.8. The third kappa shape index (κ3) is 23.9. The van der Waals surface area contributed by atoms with Gasteiger partial charge >= 0.3 is 0 Å². The number of rotatable bonds is 39. The fraction of sp³-hybridized carbons (Fsp3) is 0.717. The number of para-hydroxylation sites is 1. The fourth-order valence-corrected chi connectivity index (χ4v) is 9.46. The van der Waals surface area contributed by atoms with Gasteiger partial charge in [0.05, 0.1) is 0 Å². The Morgan fingerprint density at radius 3 is 1.27 bits per heavy atom. The zero-order valence-corrected chi connectivity index (χ0v) is 37.9. The van der Waals surface area contributed by atoms with Crippen molar-refractivity contribution in [1.82, 2.24) is 0 Å². The van der Waals surface area contributed by atoms with Crippen molar-refractivity contribution >= 4 is 39.4 Å². The summed E-state index contributed by atoms with van der Waals surface area (Å²) in [6.07, 6.45) is 53.1. The van der Waals surface area contributed by atoms with Gasteiger partial charge in [-0.3, -0.25) is 0 Å². The van der Waals surface area contributed by atoms with Crippen LogP contribution in [-0.2, 0) is 6.54 Å². The van der Waals surface area contributed by atoms with E-state index in [1.807, 2.05) is 11.3 Å². The van der Waals surface area contributed by atoms with Crippen LogP contribution in [0.4, 0.5) is 5.69 Å². The van der Waals surface area contributed by atoms with Crippen LogP contribution in [0, 0.1) is 0 Å². The zero-order chi connectivity index (χ0) is 39.4. The Labute approximate surface area is 352 Å². The highest BCUT2D eigenvalue weighted by Gasteiger charge is 2.17. The van der Waals surface area contributed by atoms with Crippen molar-refractivity contribution in [2.45, 2.75) is 239 Å². The molecule has 0 spiro atoms. The van der Waals surface area contributed by atoms with Crippen molar-refractivity contribution < 1.29 is 4.57 Å². The van der Waals surface area contributed by atoms with Crippen molar-refractivity contribution in [3.8, 4) is 0 Å². The Balaban J connectivity index is 1.18. The lowest BCUT2D eigenvalue weighted by molar-refractivity contribution is -0.669. The topological polar surface area (TPSA) is 15.9 Å². The number of aryl methyl sites for hydroxylation is 1. The molecule has 0 unspecified atom stereocenters. The zero-order valence-electron chi connectivity index (χ0n) is 37.1. The van der Waals surface area contributed by atoms with Crippen molar-refractivity contribution in [3.05, 3.63) is 59.1 Å². The Morgan fingerprint density at radius 2 is 0.821 bits per heavy atom. The third-order valence-electron chi connectivity index (χ3n) is 12.1. The lowest BCUT2D eigenvalue weighted by Crippen LogP contribution is -2.34. The van der Waals surface area contributed by atoms with E-state index in [-0.39, 0.29) is 0 Å². The van der Waals surface area contributed by atoms with Gasteiger partial charge in [0.1, 0.15) is 4.70 Å². The number of fused-ring (bicyclic) bond motifs is 1. The number of benzene rings is 2. The number of hydrogen-bond acceptors (Lipinski definition) is 2. The number of aromatic nitrogens is 1. The maximum absolute atomic E-state index is 3.67. The number of thiazole rings is 1.